The summed E-state index contributed by atoms with van der Waals surface area (Å²) in [6.07, 6.45) is 0.605. The number of aromatic nitrogens is 2. The second kappa shape index (κ2) is 5.46. The zero-order chi connectivity index (χ0) is 16.7. The van der Waals surface area contributed by atoms with E-state index < -0.39 is 17.4 Å². The quantitative estimate of drug-likeness (QED) is 0.755. The lowest BCUT2D eigenvalue weighted by molar-refractivity contribution is 0.103. The summed E-state index contributed by atoms with van der Waals surface area (Å²) in [5.41, 5.74) is 1.51. The lowest BCUT2D eigenvalue weighted by Crippen LogP contribution is -2.17. The molecule has 0 amide bonds. The molecule has 0 bridgehead atoms. The Morgan fingerprint density at radius 2 is 1.87 bits per heavy atom. The Kier molecular flexibility index (Phi) is 3.60. The number of nitrogens with one attached hydrogen (secondary N) is 1. The molecule has 1 aromatic carbocycles. The van der Waals surface area contributed by atoms with Crippen LogP contribution in [-0.4, -0.2) is 15.2 Å². The molecule has 0 fully saturated rings. The van der Waals surface area contributed by atoms with Gasteiger partial charge in [0.05, 0.1) is 11.1 Å². The summed E-state index contributed by atoms with van der Waals surface area (Å²) >= 11 is 0. The fourth-order valence-electron chi connectivity index (χ4n) is 2.77. The van der Waals surface area contributed by atoms with Crippen LogP contribution in [-0.2, 0) is 6.42 Å². The molecule has 0 saturated carbocycles. The van der Waals surface area contributed by atoms with Crippen LogP contribution in [0.4, 0.5) is 8.78 Å². The number of hydrogen-bond acceptors (Lipinski definition) is 2. The Bertz CT molecular complexity index is 986. The van der Waals surface area contributed by atoms with Crippen molar-refractivity contribution < 1.29 is 13.6 Å². The molecule has 0 spiro atoms. The fraction of sp³-hybridized carbons (Fsp3) is 0.176. The molecule has 0 atom stereocenters. The van der Waals surface area contributed by atoms with Gasteiger partial charge in [-0.2, -0.15) is 0 Å². The maximum absolute atomic E-state index is 13.9. The smallest absolute Gasteiger partial charge is 0.256 e. The second-order valence-corrected chi connectivity index (χ2v) is 5.27. The highest BCUT2D eigenvalue weighted by atomic mass is 19.1. The Balaban J connectivity index is 2.26. The number of H-pyrrole nitrogens is 1. The zero-order valence-corrected chi connectivity index (χ0v) is 12.6. The van der Waals surface area contributed by atoms with Crippen molar-refractivity contribution in [1.82, 2.24) is 9.38 Å². The van der Waals surface area contributed by atoms with Gasteiger partial charge in [0.15, 0.2) is 5.78 Å². The number of aromatic amines is 1. The molecule has 0 aliphatic carbocycles. The number of carbonyl (C=O) groups excluding carboxylic acids is 1. The number of hydrogen-bond donors (Lipinski definition) is 1. The van der Waals surface area contributed by atoms with Crippen LogP contribution < -0.4 is 5.56 Å². The molecule has 118 valence electrons. The van der Waals surface area contributed by atoms with Crippen LogP contribution in [0.15, 0.2) is 35.1 Å². The summed E-state index contributed by atoms with van der Waals surface area (Å²) in [4.78, 5) is 27.7. The van der Waals surface area contributed by atoms with Crippen molar-refractivity contribution in [3.05, 3.63) is 74.8 Å². The van der Waals surface area contributed by atoms with E-state index in [-0.39, 0.29) is 16.7 Å². The SMILES string of the molecule is CCc1c(C)[nH]c2c(C(=O)c3ccc(F)cc3F)ccc(=O)n12. The minimum Gasteiger partial charge on any atom is -0.343 e. The molecule has 0 saturated heterocycles. The number of nitrogens with zero attached hydrogens (tertiary/aromatic N) is 1. The van der Waals surface area contributed by atoms with Crippen molar-refractivity contribution in [2.24, 2.45) is 0 Å². The van der Waals surface area contributed by atoms with Crippen molar-refractivity contribution >= 4 is 11.4 Å². The number of halogens is 2. The lowest BCUT2D eigenvalue weighted by Gasteiger charge is -2.05. The molecule has 3 rings (SSSR count). The van der Waals surface area contributed by atoms with E-state index in [9.17, 15) is 18.4 Å². The van der Waals surface area contributed by atoms with Gasteiger partial charge in [0.1, 0.15) is 17.3 Å². The van der Waals surface area contributed by atoms with Gasteiger partial charge in [0.25, 0.3) is 5.56 Å². The Morgan fingerprint density at radius 3 is 2.52 bits per heavy atom. The van der Waals surface area contributed by atoms with Crippen LogP contribution in [0.3, 0.4) is 0 Å². The topological polar surface area (TPSA) is 54.3 Å². The van der Waals surface area contributed by atoms with E-state index in [0.717, 1.165) is 23.5 Å². The minimum atomic E-state index is -0.932. The van der Waals surface area contributed by atoms with Crippen molar-refractivity contribution in [3.8, 4) is 0 Å². The summed E-state index contributed by atoms with van der Waals surface area (Å²) in [6, 6.07) is 5.43. The van der Waals surface area contributed by atoms with Crippen LogP contribution in [0.5, 0.6) is 0 Å². The van der Waals surface area contributed by atoms with E-state index in [1.54, 1.807) is 6.92 Å². The Morgan fingerprint density at radius 1 is 1.17 bits per heavy atom. The van der Waals surface area contributed by atoms with Crippen LogP contribution in [0.1, 0.15) is 34.2 Å². The number of pyridine rings is 1. The van der Waals surface area contributed by atoms with Gasteiger partial charge in [-0.05, 0) is 31.5 Å². The van der Waals surface area contributed by atoms with E-state index in [0.29, 0.717) is 18.1 Å². The number of benzene rings is 1. The fourth-order valence-corrected chi connectivity index (χ4v) is 2.77. The molecular weight excluding hydrogens is 302 g/mol. The maximum Gasteiger partial charge on any atom is 0.256 e. The number of imidazole rings is 1. The maximum atomic E-state index is 13.9. The molecule has 2 heterocycles. The largest absolute Gasteiger partial charge is 0.343 e. The molecule has 1 N–H and O–H groups in total. The minimum absolute atomic E-state index is 0.165. The molecule has 0 unspecified atom stereocenters. The number of aryl methyl sites for hydroxylation is 2. The average molecular weight is 316 g/mol. The van der Waals surface area contributed by atoms with Crippen molar-refractivity contribution in [1.29, 1.82) is 0 Å². The first-order valence-electron chi connectivity index (χ1n) is 7.17. The third-order valence-electron chi connectivity index (χ3n) is 3.86. The molecule has 0 aliphatic rings. The van der Waals surface area contributed by atoms with Crippen molar-refractivity contribution in [3.63, 3.8) is 0 Å². The highest BCUT2D eigenvalue weighted by Gasteiger charge is 2.20. The normalized spacial score (nSPS) is 11.1. The van der Waals surface area contributed by atoms with Crippen LogP contribution >= 0.6 is 0 Å². The van der Waals surface area contributed by atoms with E-state index in [2.05, 4.69) is 4.98 Å². The molecule has 23 heavy (non-hydrogen) atoms. The molecule has 3 aromatic rings. The molecule has 0 radical (unpaired) electrons. The second-order valence-electron chi connectivity index (χ2n) is 5.27. The predicted molar refractivity (Wildman–Crippen MR) is 81.9 cm³/mol. The standard InChI is InChI=1S/C17H14F2N2O2/c1-3-14-9(2)20-17-12(6-7-15(22)21(14)17)16(23)11-5-4-10(18)8-13(11)19/h4-8,20H,3H2,1-2H3. The Labute approximate surface area is 130 Å². The average Bonchev–Trinajstić information content (AvgIpc) is 2.84. The van der Waals surface area contributed by atoms with Crippen LogP contribution in [0.2, 0.25) is 0 Å². The van der Waals surface area contributed by atoms with E-state index in [4.69, 9.17) is 0 Å². The van der Waals surface area contributed by atoms with Crippen LogP contribution in [0.25, 0.3) is 5.65 Å². The summed E-state index contributed by atoms with van der Waals surface area (Å²) in [6.45, 7) is 3.70. The molecule has 6 heteroatoms. The Hall–Kier alpha value is -2.76. The highest BCUT2D eigenvalue weighted by molar-refractivity contribution is 6.12. The summed E-state index contributed by atoms with van der Waals surface area (Å²) in [7, 11) is 0. The van der Waals surface area contributed by atoms with Gasteiger partial charge in [-0.15, -0.1) is 0 Å². The van der Waals surface area contributed by atoms with Crippen LogP contribution in [0, 0.1) is 18.6 Å². The van der Waals surface area contributed by atoms with Crippen molar-refractivity contribution in [2.45, 2.75) is 20.3 Å². The monoisotopic (exact) mass is 316 g/mol. The zero-order valence-electron chi connectivity index (χ0n) is 12.6. The lowest BCUT2D eigenvalue weighted by atomic mass is 10.0. The summed E-state index contributed by atoms with van der Waals surface area (Å²) in [5.74, 6) is -2.29. The van der Waals surface area contributed by atoms with E-state index in [1.807, 2.05) is 6.92 Å². The third kappa shape index (κ3) is 2.36. The number of fused-ring (bicyclic) bond motifs is 1. The molecule has 4 nitrogen and oxygen atoms in total. The molecule has 0 aliphatic heterocycles. The number of rotatable bonds is 3. The number of ketones is 1. The summed E-state index contributed by atoms with van der Waals surface area (Å²) < 4.78 is 28.3. The first-order valence-corrected chi connectivity index (χ1v) is 7.17. The van der Waals surface area contributed by atoms with Gasteiger partial charge < -0.3 is 4.98 Å². The van der Waals surface area contributed by atoms with E-state index >= 15 is 0 Å². The van der Waals surface area contributed by atoms with Gasteiger partial charge in [-0.1, -0.05) is 6.92 Å². The highest BCUT2D eigenvalue weighted by Crippen LogP contribution is 2.19. The third-order valence-corrected chi connectivity index (χ3v) is 3.86. The van der Waals surface area contributed by atoms with Crippen molar-refractivity contribution in [2.75, 3.05) is 0 Å². The predicted octanol–water partition coefficient (Wildman–Crippen LogP) is 3.01. The molecule has 2 aromatic heterocycles. The van der Waals surface area contributed by atoms with Gasteiger partial charge in [-0.25, -0.2) is 8.78 Å². The molecular formula is C17H14F2N2O2. The van der Waals surface area contributed by atoms with Gasteiger partial charge in [0.2, 0.25) is 0 Å². The summed E-state index contributed by atoms with van der Waals surface area (Å²) in [5, 5.41) is 0. The van der Waals surface area contributed by atoms with Gasteiger partial charge >= 0.3 is 0 Å². The number of carbonyl (C=O) groups is 1. The van der Waals surface area contributed by atoms with Gasteiger partial charge in [0, 0.05) is 23.5 Å². The van der Waals surface area contributed by atoms with E-state index in [1.165, 1.54) is 16.5 Å². The first-order chi connectivity index (χ1) is 10.9. The van der Waals surface area contributed by atoms with Gasteiger partial charge in [-0.3, -0.25) is 14.0 Å². The first kappa shape index (κ1) is 15.1.